The van der Waals surface area contributed by atoms with E-state index >= 15 is 0 Å². The van der Waals surface area contributed by atoms with Gasteiger partial charge < -0.3 is 0 Å². The summed E-state index contributed by atoms with van der Waals surface area (Å²) in [6.45, 7) is 0. The predicted molar refractivity (Wildman–Crippen MR) is 61.1 cm³/mol. The smallest absolute Gasteiger partial charge is 0.273 e. The van der Waals surface area contributed by atoms with Crippen LogP contribution in [0.5, 0.6) is 0 Å². The van der Waals surface area contributed by atoms with Gasteiger partial charge in [-0.25, -0.2) is 13.2 Å². The Bertz CT molecular complexity index is 602. The number of carbonyl (C=O) groups is 2. The molecule has 0 fully saturated rings. The first kappa shape index (κ1) is 12.0. The zero-order valence-corrected chi connectivity index (χ0v) is 10.2. The van der Waals surface area contributed by atoms with Gasteiger partial charge in [-0.15, -0.1) is 0 Å². The average molecular weight is 275 g/mol. The third kappa shape index (κ3) is 2.03. The maximum absolute atomic E-state index is 11.8. The lowest BCUT2D eigenvalue weighted by molar-refractivity contribution is -0.128. The van der Waals surface area contributed by atoms with E-state index in [2.05, 4.69) is 4.99 Å². The molecule has 2 rings (SSSR count). The maximum atomic E-state index is 11.8. The molecule has 2 aliphatic rings. The quantitative estimate of drug-likeness (QED) is 0.658. The number of carbonyl (C=O) groups excluding carboxylic acids is 2. The Morgan fingerprint density at radius 2 is 2.00 bits per heavy atom. The standard InChI is InChI=1S/C9H7ClN2O4S/c1-12-8(13)6-4-5(17(10,15)16)2-3-7(6)11-9(12)14/h2-4,6H,1H3. The van der Waals surface area contributed by atoms with Crippen molar-refractivity contribution in [1.29, 1.82) is 0 Å². The molecule has 90 valence electrons. The van der Waals surface area contributed by atoms with Crippen molar-refractivity contribution < 1.29 is 18.0 Å². The van der Waals surface area contributed by atoms with Gasteiger partial charge in [0.2, 0.25) is 5.91 Å². The van der Waals surface area contributed by atoms with Gasteiger partial charge in [0.25, 0.3) is 9.05 Å². The van der Waals surface area contributed by atoms with Crippen molar-refractivity contribution in [3.05, 3.63) is 23.1 Å². The van der Waals surface area contributed by atoms with Crippen molar-refractivity contribution in [2.45, 2.75) is 0 Å². The fraction of sp³-hybridized carbons (Fsp3) is 0.222. The monoisotopic (exact) mass is 274 g/mol. The number of fused-ring (bicyclic) bond motifs is 1. The summed E-state index contributed by atoms with van der Waals surface area (Å²) < 4.78 is 22.3. The molecule has 0 bridgehead atoms. The van der Waals surface area contributed by atoms with E-state index in [1.54, 1.807) is 0 Å². The van der Waals surface area contributed by atoms with Crippen LogP contribution in [0.1, 0.15) is 0 Å². The second-order valence-electron chi connectivity index (χ2n) is 3.53. The zero-order valence-electron chi connectivity index (χ0n) is 8.62. The van der Waals surface area contributed by atoms with Crippen molar-refractivity contribution >= 4 is 37.4 Å². The summed E-state index contributed by atoms with van der Waals surface area (Å²) in [4.78, 5) is 27.3. The van der Waals surface area contributed by atoms with E-state index in [0.717, 1.165) is 4.90 Å². The van der Waals surface area contributed by atoms with Crippen LogP contribution in [-0.2, 0) is 13.8 Å². The number of allylic oxidation sites excluding steroid dienone is 2. The number of rotatable bonds is 1. The van der Waals surface area contributed by atoms with Gasteiger partial charge in [0.15, 0.2) is 0 Å². The van der Waals surface area contributed by atoms with E-state index in [1.807, 2.05) is 0 Å². The molecule has 0 aromatic carbocycles. The SMILES string of the molecule is CN1C(=O)N=C2C=CC(S(=O)(=O)Cl)=CC2C1=O. The first-order chi connectivity index (χ1) is 7.80. The summed E-state index contributed by atoms with van der Waals surface area (Å²) >= 11 is 0. The maximum Gasteiger partial charge on any atom is 0.350 e. The van der Waals surface area contributed by atoms with E-state index in [9.17, 15) is 18.0 Å². The highest BCUT2D eigenvalue weighted by molar-refractivity contribution is 8.17. The molecule has 3 amide bonds. The van der Waals surface area contributed by atoms with Crippen molar-refractivity contribution in [2.75, 3.05) is 7.05 Å². The lowest BCUT2D eigenvalue weighted by atomic mass is 9.95. The van der Waals surface area contributed by atoms with Gasteiger partial charge in [-0.3, -0.25) is 9.69 Å². The number of hydrogen-bond donors (Lipinski definition) is 0. The van der Waals surface area contributed by atoms with Crippen LogP contribution >= 0.6 is 10.7 Å². The molecule has 0 spiro atoms. The third-order valence-corrected chi connectivity index (χ3v) is 3.83. The molecular weight excluding hydrogens is 268 g/mol. The fourth-order valence-electron chi connectivity index (χ4n) is 1.53. The van der Waals surface area contributed by atoms with Crippen LogP contribution < -0.4 is 0 Å². The molecule has 0 aromatic heterocycles. The van der Waals surface area contributed by atoms with Gasteiger partial charge in [-0.1, -0.05) is 0 Å². The molecule has 0 saturated carbocycles. The Morgan fingerprint density at radius 1 is 1.35 bits per heavy atom. The lowest BCUT2D eigenvalue weighted by Crippen LogP contribution is -2.43. The van der Waals surface area contributed by atoms with Crippen molar-refractivity contribution in [2.24, 2.45) is 10.9 Å². The van der Waals surface area contributed by atoms with Crippen LogP contribution in [0.4, 0.5) is 4.79 Å². The minimum atomic E-state index is -3.90. The van der Waals surface area contributed by atoms with E-state index in [1.165, 1.54) is 25.3 Å². The van der Waals surface area contributed by atoms with E-state index in [0.29, 0.717) is 0 Å². The van der Waals surface area contributed by atoms with Gasteiger partial charge in [-0.05, 0) is 18.2 Å². The number of imide groups is 1. The molecule has 8 heteroatoms. The largest absolute Gasteiger partial charge is 0.350 e. The first-order valence-corrected chi connectivity index (χ1v) is 6.86. The van der Waals surface area contributed by atoms with Crippen LogP contribution in [0.2, 0.25) is 0 Å². The number of urea groups is 1. The molecule has 1 atom stereocenters. The zero-order chi connectivity index (χ0) is 12.8. The molecule has 1 aliphatic carbocycles. The van der Waals surface area contributed by atoms with Crippen LogP contribution in [0.3, 0.4) is 0 Å². The van der Waals surface area contributed by atoms with Gasteiger partial charge >= 0.3 is 6.03 Å². The molecule has 0 aromatic rings. The summed E-state index contributed by atoms with van der Waals surface area (Å²) in [6, 6.07) is -0.670. The highest BCUT2D eigenvalue weighted by atomic mass is 35.7. The van der Waals surface area contributed by atoms with E-state index < -0.39 is 26.9 Å². The Morgan fingerprint density at radius 3 is 2.59 bits per heavy atom. The topological polar surface area (TPSA) is 83.9 Å². The summed E-state index contributed by atoms with van der Waals surface area (Å²) in [5.41, 5.74) is 0.224. The Balaban J connectivity index is 2.51. The minimum Gasteiger partial charge on any atom is -0.273 e. The van der Waals surface area contributed by atoms with Gasteiger partial charge in [0.05, 0.1) is 10.6 Å². The predicted octanol–water partition coefficient (Wildman–Crippen LogP) is 0.658. The Labute approximate surface area is 102 Å². The molecule has 6 nitrogen and oxygen atoms in total. The normalized spacial score (nSPS) is 24.4. The molecule has 0 saturated heterocycles. The Hall–Kier alpha value is -1.47. The second kappa shape index (κ2) is 3.78. The number of halogens is 1. The summed E-state index contributed by atoms with van der Waals surface area (Å²) in [5.74, 6) is -1.40. The van der Waals surface area contributed by atoms with Crippen LogP contribution in [0.15, 0.2) is 28.1 Å². The fourth-order valence-corrected chi connectivity index (χ4v) is 2.37. The second-order valence-corrected chi connectivity index (χ2v) is 6.10. The highest BCUT2D eigenvalue weighted by Gasteiger charge is 2.35. The molecule has 1 aliphatic heterocycles. The molecular formula is C9H7ClN2O4S. The molecule has 0 radical (unpaired) electrons. The van der Waals surface area contributed by atoms with E-state index in [4.69, 9.17) is 10.7 Å². The highest BCUT2D eigenvalue weighted by Crippen LogP contribution is 2.25. The van der Waals surface area contributed by atoms with Crippen LogP contribution in [0.25, 0.3) is 0 Å². The number of nitrogens with zero attached hydrogens (tertiary/aromatic N) is 2. The number of amides is 3. The molecule has 1 heterocycles. The van der Waals surface area contributed by atoms with Gasteiger partial charge in [0, 0.05) is 17.7 Å². The summed E-state index contributed by atoms with van der Waals surface area (Å²) in [6.07, 6.45) is 3.71. The number of hydrogen-bond acceptors (Lipinski definition) is 4. The van der Waals surface area contributed by atoms with Crippen LogP contribution in [-0.4, -0.2) is 38.0 Å². The summed E-state index contributed by atoms with van der Waals surface area (Å²) in [5, 5.41) is 0. The van der Waals surface area contributed by atoms with Crippen LogP contribution in [0, 0.1) is 5.92 Å². The molecule has 0 N–H and O–H groups in total. The lowest BCUT2D eigenvalue weighted by Gasteiger charge is -2.25. The summed E-state index contributed by atoms with van der Waals surface area (Å²) in [7, 11) is 2.57. The Kier molecular flexibility index (Phi) is 2.67. The van der Waals surface area contributed by atoms with Gasteiger partial charge in [0.1, 0.15) is 5.92 Å². The first-order valence-electron chi connectivity index (χ1n) is 4.55. The molecule has 17 heavy (non-hydrogen) atoms. The van der Waals surface area contributed by atoms with Crippen molar-refractivity contribution in [3.63, 3.8) is 0 Å². The average Bonchev–Trinajstić information content (AvgIpc) is 2.24. The van der Waals surface area contributed by atoms with Crippen molar-refractivity contribution in [1.82, 2.24) is 4.90 Å². The molecule has 1 unspecified atom stereocenters. The third-order valence-electron chi connectivity index (χ3n) is 2.46. The van der Waals surface area contributed by atoms with Crippen molar-refractivity contribution in [3.8, 4) is 0 Å². The van der Waals surface area contributed by atoms with E-state index in [-0.39, 0.29) is 10.6 Å². The number of aliphatic imine (C=N–C) groups is 1. The van der Waals surface area contributed by atoms with Gasteiger partial charge in [-0.2, -0.15) is 4.99 Å². The minimum absolute atomic E-state index is 0.167.